The van der Waals surface area contributed by atoms with E-state index in [9.17, 15) is 14.4 Å². The van der Waals surface area contributed by atoms with E-state index in [0.29, 0.717) is 6.42 Å². The SMILES string of the molecule is COC(=O)CCC(=O)N[C@@H](Cc1c(C)cccc1C)C(=O)OC. The number of carbonyl (C=O) groups is 3. The summed E-state index contributed by atoms with van der Waals surface area (Å²) in [6.07, 6.45) is 0.279. The molecule has 0 saturated carbocycles. The van der Waals surface area contributed by atoms with Gasteiger partial charge in [0.25, 0.3) is 0 Å². The molecule has 23 heavy (non-hydrogen) atoms. The number of esters is 2. The number of amides is 1. The Bertz CT molecular complexity index is 562. The lowest BCUT2D eigenvalue weighted by Crippen LogP contribution is -2.43. The zero-order valence-corrected chi connectivity index (χ0v) is 14.0. The first-order valence-electron chi connectivity index (χ1n) is 7.38. The summed E-state index contributed by atoms with van der Waals surface area (Å²) in [5.74, 6) is -1.37. The van der Waals surface area contributed by atoms with E-state index in [-0.39, 0.29) is 12.8 Å². The van der Waals surface area contributed by atoms with E-state index in [1.807, 2.05) is 32.0 Å². The van der Waals surface area contributed by atoms with Crippen molar-refractivity contribution in [3.8, 4) is 0 Å². The molecule has 0 aromatic heterocycles. The molecule has 126 valence electrons. The number of hydrogen-bond acceptors (Lipinski definition) is 5. The summed E-state index contributed by atoms with van der Waals surface area (Å²) in [5, 5.41) is 2.63. The first-order valence-corrected chi connectivity index (χ1v) is 7.38. The summed E-state index contributed by atoms with van der Waals surface area (Å²) in [5.41, 5.74) is 3.08. The van der Waals surface area contributed by atoms with Gasteiger partial charge in [0, 0.05) is 12.8 Å². The summed E-state index contributed by atoms with van der Waals surface area (Å²) in [6.45, 7) is 3.91. The van der Waals surface area contributed by atoms with Crippen molar-refractivity contribution in [1.82, 2.24) is 5.32 Å². The molecule has 1 rings (SSSR count). The monoisotopic (exact) mass is 321 g/mol. The van der Waals surface area contributed by atoms with Crippen molar-refractivity contribution in [3.05, 3.63) is 34.9 Å². The maximum atomic E-state index is 11.9. The Kier molecular flexibility index (Phi) is 7.25. The summed E-state index contributed by atoms with van der Waals surface area (Å²) in [6, 6.07) is 5.06. The van der Waals surface area contributed by atoms with E-state index >= 15 is 0 Å². The predicted molar refractivity (Wildman–Crippen MR) is 84.8 cm³/mol. The molecule has 0 heterocycles. The average molecular weight is 321 g/mol. The van der Waals surface area contributed by atoms with Crippen molar-refractivity contribution >= 4 is 17.8 Å². The van der Waals surface area contributed by atoms with Gasteiger partial charge in [-0.25, -0.2) is 4.79 Å². The number of nitrogens with one attached hydrogen (secondary N) is 1. The lowest BCUT2D eigenvalue weighted by Gasteiger charge is -2.19. The lowest BCUT2D eigenvalue weighted by molar-refractivity contribution is -0.145. The zero-order valence-electron chi connectivity index (χ0n) is 14.0. The topological polar surface area (TPSA) is 81.7 Å². The Balaban J connectivity index is 2.79. The van der Waals surface area contributed by atoms with Gasteiger partial charge in [0.2, 0.25) is 5.91 Å². The minimum Gasteiger partial charge on any atom is -0.469 e. The van der Waals surface area contributed by atoms with Gasteiger partial charge < -0.3 is 14.8 Å². The van der Waals surface area contributed by atoms with E-state index in [2.05, 4.69) is 10.1 Å². The normalized spacial score (nSPS) is 11.5. The largest absolute Gasteiger partial charge is 0.469 e. The summed E-state index contributed by atoms with van der Waals surface area (Å²) < 4.78 is 9.26. The first-order chi connectivity index (χ1) is 10.9. The van der Waals surface area contributed by atoms with Gasteiger partial charge in [0.1, 0.15) is 6.04 Å². The number of rotatable bonds is 7. The molecule has 1 atom stereocenters. The van der Waals surface area contributed by atoms with Gasteiger partial charge in [0.05, 0.1) is 20.6 Å². The van der Waals surface area contributed by atoms with E-state index in [1.165, 1.54) is 14.2 Å². The fourth-order valence-electron chi connectivity index (χ4n) is 2.29. The van der Waals surface area contributed by atoms with Crippen molar-refractivity contribution in [2.24, 2.45) is 0 Å². The maximum absolute atomic E-state index is 11.9. The van der Waals surface area contributed by atoms with Crippen LogP contribution in [0.4, 0.5) is 0 Å². The molecule has 0 unspecified atom stereocenters. The van der Waals surface area contributed by atoms with Crippen LogP contribution in [-0.4, -0.2) is 38.1 Å². The van der Waals surface area contributed by atoms with E-state index < -0.39 is 23.9 Å². The molecule has 0 aliphatic heterocycles. The quantitative estimate of drug-likeness (QED) is 0.769. The summed E-state index contributed by atoms with van der Waals surface area (Å²) in [7, 11) is 2.54. The number of benzene rings is 1. The highest BCUT2D eigenvalue weighted by molar-refractivity contribution is 5.86. The molecule has 0 saturated heterocycles. The van der Waals surface area contributed by atoms with E-state index in [1.54, 1.807) is 0 Å². The summed E-state index contributed by atoms with van der Waals surface area (Å²) in [4.78, 5) is 34.9. The van der Waals surface area contributed by atoms with Crippen LogP contribution >= 0.6 is 0 Å². The highest BCUT2D eigenvalue weighted by Crippen LogP contribution is 2.16. The number of ether oxygens (including phenoxy) is 2. The molecule has 0 bridgehead atoms. The third kappa shape index (κ3) is 5.73. The van der Waals surface area contributed by atoms with Gasteiger partial charge in [-0.05, 0) is 30.5 Å². The Morgan fingerprint density at radius 1 is 1.04 bits per heavy atom. The van der Waals surface area contributed by atoms with E-state index in [0.717, 1.165) is 16.7 Å². The first kappa shape index (κ1) is 18.7. The molecule has 1 N–H and O–H groups in total. The molecule has 1 aromatic rings. The number of methoxy groups -OCH3 is 2. The molecule has 0 fully saturated rings. The molecule has 6 heteroatoms. The molecule has 0 aliphatic rings. The fraction of sp³-hybridized carbons (Fsp3) is 0.471. The highest BCUT2D eigenvalue weighted by Gasteiger charge is 2.23. The standard InChI is InChI=1S/C17H23NO5/c1-11-6-5-7-12(2)13(11)10-14(17(21)23-4)18-15(19)8-9-16(20)22-3/h5-7,14H,8-10H2,1-4H3,(H,18,19)/t14-/m0/s1. The Labute approximate surface area is 136 Å². The predicted octanol–water partition coefficient (Wildman–Crippen LogP) is 1.46. The van der Waals surface area contributed by atoms with E-state index in [4.69, 9.17) is 4.74 Å². The van der Waals surface area contributed by atoms with Crippen LogP contribution in [0.1, 0.15) is 29.5 Å². The van der Waals surface area contributed by atoms with Crippen molar-refractivity contribution in [3.63, 3.8) is 0 Å². The molecular formula is C17H23NO5. The second kappa shape index (κ2) is 8.92. The third-order valence-corrected chi connectivity index (χ3v) is 3.66. The van der Waals surface area contributed by atoms with Crippen molar-refractivity contribution in [2.75, 3.05) is 14.2 Å². The Hall–Kier alpha value is -2.37. The van der Waals surface area contributed by atoms with Gasteiger partial charge >= 0.3 is 11.9 Å². The van der Waals surface area contributed by atoms with Crippen LogP contribution < -0.4 is 5.32 Å². The maximum Gasteiger partial charge on any atom is 0.328 e. The molecule has 1 aromatic carbocycles. The van der Waals surface area contributed by atoms with Gasteiger partial charge in [-0.3, -0.25) is 9.59 Å². The van der Waals surface area contributed by atoms with Crippen molar-refractivity contribution in [2.45, 2.75) is 39.2 Å². The molecular weight excluding hydrogens is 298 g/mol. The van der Waals surface area contributed by atoms with Crippen LogP contribution in [0.25, 0.3) is 0 Å². The fourth-order valence-corrected chi connectivity index (χ4v) is 2.29. The van der Waals surface area contributed by atoms with Crippen LogP contribution in [0.3, 0.4) is 0 Å². The van der Waals surface area contributed by atoms with Crippen molar-refractivity contribution in [1.29, 1.82) is 0 Å². The van der Waals surface area contributed by atoms with Crippen LogP contribution in [0.5, 0.6) is 0 Å². The molecule has 0 spiro atoms. The van der Waals surface area contributed by atoms with Crippen LogP contribution in [0.2, 0.25) is 0 Å². The Morgan fingerprint density at radius 3 is 2.17 bits per heavy atom. The van der Waals surface area contributed by atoms with Gasteiger partial charge in [0.15, 0.2) is 0 Å². The average Bonchev–Trinajstić information content (AvgIpc) is 2.54. The van der Waals surface area contributed by atoms with Crippen molar-refractivity contribution < 1.29 is 23.9 Å². The second-order valence-corrected chi connectivity index (χ2v) is 5.29. The minimum absolute atomic E-state index is 0.0282. The molecule has 1 amide bonds. The number of hydrogen-bond donors (Lipinski definition) is 1. The van der Waals surface area contributed by atoms with Gasteiger partial charge in [-0.15, -0.1) is 0 Å². The molecule has 0 radical (unpaired) electrons. The van der Waals surface area contributed by atoms with Crippen LogP contribution in [0.15, 0.2) is 18.2 Å². The summed E-state index contributed by atoms with van der Waals surface area (Å²) >= 11 is 0. The van der Waals surface area contributed by atoms with Crippen LogP contribution in [0, 0.1) is 13.8 Å². The third-order valence-electron chi connectivity index (χ3n) is 3.66. The Morgan fingerprint density at radius 2 is 1.65 bits per heavy atom. The molecule has 0 aliphatic carbocycles. The second-order valence-electron chi connectivity index (χ2n) is 5.29. The number of carbonyl (C=O) groups excluding carboxylic acids is 3. The minimum atomic E-state index is -0.787. The zero-order chi connectivity index (χ0) is 17.4. The van der Waals surface area contributed by atoms with Gasteiger partial charge in [-0.2, -0.15) is 0 Å². The number of aryl methyl sites for hydroxylation is 2. The highest BCUT2D eigenvalue weighted by atomic mass is 16.5. The lowest BCUT2D eigenvalue weighted by atomic mass is 9.96. The molecule has 6 nitrogen and oxygen atoms in total. The smallest absolute Gasteiger partial charge is 0.328 e. The van der Waals surface area contributed by atoms with Gasteiger partial charge in [-0.1, -0.05) is 18.2 Å². The van der Waals surface area contributed by atoms with Crippen LogP contribution in [-0.2, 0) is 30.3 Å².